The standard InChI is InChI=1S/C44H35N3O5S/c48-42(34-14-8-3-9-15-34)47-38(28-30-16-18-32(19-17-30)31-10-4-1-5-11-31)43(49)45-35-20-23-37(24-21-35)53-41(33-12-6-2-7-13-33)44(50)46-36-22-25-39-40(29-36)52-27-26-51-39/h1-25,28-29,41H,26-27H2,(H,45,49)(H,46,50)(H,47,48)/b38-28-. The molecular formula is C44H35N3O5S. The Kier molecular flexibility index (Phi) is 10.9. The molecule has 1 aliphatic rings. The van der Waals surface area contributed by atoms with Gasteiger partial charge in [0.05, 0.1) is 0 Å². The average Bonchev–Trinajstić information content (AvgIpc) is 3.21. The molecule has 1 atom stereocenters. The molecule has 53 heavy (non-hydrogen) atoms. The van der Waals surface area contributed by atoms with E-state index in [1.54, 1.807) is 60.7 Å². The number of amides is 3. The van der Waals surface area contributed by atoms with E-state index in [1.807, 2.05) is 103 Å². The Labute approximate surface area is 311 Å². The molecule has 0 saturated heterocycles. The second-order valence-electron chi connectivity index (χ2n) is 12.1. The van der Waals surface area contributed by atoms with Gasteiger partial charge in [-0.3, -0.25) is 14.4 Å². The monoisotopic (exact) mass is 717 g/mol. The molecule has 0 radical (unpaired) electrons. The second-order valence-corrected chi connectivity index (χ2v) is 13.3. The van der Waals surface area contributed by atoms with Crippen molar-refractivity contribution >= 4 is 46.9 Å². The minimum atomic E-state index is -0.569. The first-order chi connectivity index (χ1) is 26.0. The number of rotatable bonds is 11. The van der Waals surface area contributed by atoms with Crippen LogP contribution in [0.2, 0.25) is 0 Å². The van der Waals surface area contributed by atoms with Crippen molar-refractivity contribution in [1.82, 2.24) is 5.32 Å². The number of hydrogen-bond donors (Lipinski definition) is 3. The highest BCUT2D eigenvalue weighted by Crippen LogP contribution is 2.38. The van der Waals surface area contributed by atoms with Crippen LogP contribution in [0.3, 0.4) is 0 Å². The number of carbonyl (C=O) groups excluding carboxylic acids is 3. The molecule has 1 heterocycles. The van der Waals surface area contributed by atoms with Crippen LogP contribution < -0.4 is 25.4 Å². The summed E-state index contributed by atoms with van der Waals surface area (Å²) >= 11 is 1.39. The van der Waals surface area contributed by atoms with E-state index >= 15 is 0 Å². The van der Waals surface area contributed by atoms with Gasteiger partial charge >= 0.3 is 0 Å². The predicted molar refractivity (Wildman–Crippen MR) is 210 cm³/mol. The summed E-state index contributed by atoms with van der Waals surface area (Å²) in [5.74, 6) is 0.156. The van der Waals surface area contributed by atoms with Crippen molar-refractivity contribution < 1.29 is 23.9 Å². The van der Waals surface area contributed by atoms with Crippen molar-refractivity contribution in [3.8, 4) is 22.6 Å². The van der Waals surface area contributed by atoms with Crippen molar-refractivity contribution in [1.29, 1.82) is 0 Å². The zero-order valence-electron chi connectivity index (χ0n) is 28.5. The van der Waals surface area contributed by atoms with E-state index < -0.39 is 17.1 Å². The van der Waals surface area contributed by atoms with Gasteiger partial charge in [0.2, 0.25) is 5.91 Å². The highest BCUT2D eigenvalue weighted by atomic mass is 32.2. The number of nitrogens with one attached hydrogen (secondary N) is 3. The van der Waals surface area contributed by atoms with E-state index in [4.69, 9.17) is 9.47 Å². The Morgan fingerprint density at radius 1 is 0.604 bits per heavy atom. The summed E-state index contributed by atoms with van der Waals surface area (Å²) < 4.78 is 11.3. The van der Waals surface area contributed by atoms with Gasteiger partial charge in [-0.2, -0.15) is 0 Å². The van der Waals surface area contributed by atoms with Crippen molar-refractivity contribution in [3.05, 3.63) is 180 Å². The van der Waals surface area contributed by atoms with E-state index in [0.29, 0.717) is 41.7 Å². The third-order valence-electron chi connectivity index (χ3n) is 8.37. The molecule has 1 aliphatic heterocycles. The normalized spacial score (nSPS) is 12.6. The highest BCUT2D eigenvalue weighted by Gasteiger charge is 2.23. The minimum absolute atomic E-state index is 0.0877. The number of carbonyl (C=O) groups is 3. The van der Waals surface area contributed by atoms with Crippen LogP contribution in [0.25, 0.3) is 17.2 Å². The molecular weight excluding hydrogens is 683 g/mol. The number of fused-ring (bicyclic) bond motifs is 1. The topological polar surface area (TPSA) is 106 Å². The first-order valence-corrected chi connectivity index (χ1v) is 17.9. The van der Waals surface area contributed by atoms with Gasteiger partial charge < -0.3 is 25.4 Å². The van der Waals surface area contributed by atoms with E-state index in [0.717, 1.165) is 27.1 Å². The van der Waals surface area contributed by atoms with Crippen LogP contribution in [-0.2, 0) is 9.59 Å². The summed E-state index contributed by atoms with van der Waals surface area (Å²) in [6, 6.07) is 48.6. The SMILES string of the molecule is O=C(Nc1ccc(SC(C(=O)Nc2ccc3c(c2)OCCO3)c2ccccc2)cc1)/C(=C/c1ccc(-c2ccccc2)cc1)NC(=O)c1ccccc1. The first-order valence-electron chi connectivity index (χ1n) is 17.1. The van der Waals surface area contributed by atoms with Gasteiger partial charge in [0.1, 0.15) is 24.2 Å². The minimum Gasteiger partial charge on any atom is -0.486 e. The molecule has 6 aromatic rings. The lowest BCUT2D eigenvalue weighted by atomic mass is 10.0. The predicted octanol–water partition coefficient (Wildman–Crippen LogP) is 9.01. The lowest BCUT2D eigenvalue weighted by Crippen LogP contribution is -2.30. The number of benzene rings is 6. The van der Waals surface area contributed by atoms with Gasteiger partial charge in [-0.15, -0.1) is 11.8 Å². The molecule has 7 rings (SSSR count). The van der Waals surface area contributed by atoms with Crippen LogP contribution in [-0.4, -0.2) is 30.9 Å². The summed E-state index contributed by atoms with van der Waals surface area (Å²) in [5.41, 5.74) is 5.35. The van der Waals surface area contributed by atoms with Crippen molar-refractivity contribution in [2.24, 2.45) is 0 Å². The summed E-state index contributed by atoms with van der Waals surface area (Å²) in [6.07, 6.45) is 1.65. The second kappa shape index (κ2) is 16.6. The Hall–Kier alpha value is -6.58. The first kappa shape index (κ1) is 34.9. The van der Waals surface area contributed by atoms with Crippen LogP contribution in [0.5, 0.6) is 11.5 Å². The fourth-order valence-electron chi connectivity index (χ4n) is 5.69. The van der Waals surface area contributed by atoms with Crippen molar-refractivity contribution in [2.75, 3.05) is 23.8 Å². The van der Waals surface area contributed by atoms with Crippen LogP contribution in [0, 0.1) is 0 Å². The molecule has 0 saturated carbocycles. The van der Waals surface area contributed by atoms with Gasteiger partial charge in [-0.1, -0.05) is 103 Å². The van der Waals surface area contributed by atoms with Crippen LogP contribution in [0.15, 0.2) is 168 Å². The summed E-state index contributed by atoms with van der Waals surface area (Å²) in [4.78, 5) is 41.4. The number of ether oxygens (including phenoxy) is 2. The van der Waals surface area contributed by atoms with E-state index in [1.165, 1.54) is 11.8 Å². The maximum Gasteiger partial charge on any atom is 0.272 e. The summed E-state index contributed by atoms with van der Waals surface area (Å²) in [7, 11) is 0. The van der Waals surface area contributed by atoms with Crippen molar-refractivity contribution in [3.63, 3.8) is 0 Å². The Morgan fingerprint density at radius 3 is 1.91 bits per heavy atom. The van der Waals surface area contributed by atoms with Gasteiger partial charge in [-0.25, -0.2) is 0 Å². The fraction of sp³-hybridized carbons (Fsp3) is 0.0682. The molecule has 0 aromatic heterocycles. The maximum atomic E-state index is 13.7. The van der Waals surface area contributed by atoms with Gasteiger partial charge in [0, 0.05) is 27.9 Å². The molecule has 0 fully saturated rings. The summed E-state index contributed by atoms with van der Waals surface area (Å²) in [5, 5.41) is 8.17. The van der Waals surface area contributed by atoms with Gasteiger partial charge in [0.25, 0.3) is 11.8 Å². The molecule has 262 valence electrons. The maximum absolute atomic E-state index is 13.7. The molecule has 0 spiro atoms. The highest BCUT2D eigenvalue weighted by molar-refractivity contribution is 8.00. The molecule has 3 amide bonds. The molecule has 1 unspecified atom stereocenters. The zero-order valence-corrected chi connectivity index (χ0v) is 29.3. The van der Waals surface area contributed by atoms with Crippen molar-refractivity contribution in [2.45, 2.75) is 10.1 Å². The molecule has 9 heteroatoms. The smallest absolute Gasteiger partial charge is 0.272 e. The molecule has 3 N–H and O–H groups in total. The lowest BCUT2D eigenvalue weighted by Gasteiger charge is -2.20. The largest absolute Gasteiger partial charge is 0.486 e. The van der Waals surface area contributed by atoms with Crippen LogP contribution in [0.1, 0.15) is 26.7 Å². The molecule has 0 aliphatic carbocycles. The number of thioether (sulfide) groups is 1. The third-order valence-corrected chi connectivity index (χ3v) is 9.64. The van der Waals surface area contributed by atoms with E-state index in [2.05, 4.69) is 16.0 Å². The Balaban J connectivity index is 1.07. The fourth-order valence-corrected chi connectivity index (χ4v) is 6.72. The van der Waals surface area contributed by atoms with E-state index in [-0.39, 0.29) is 11.6 Å². The van der Waals surface area contributed by atoms with Gasteiger partial charge in [-0.05, 0) is 76.9 Å². The van der Waals surface area contributed by atoms with Gasteiger partial charge in [0.15, 0.2) is 11.5 Å². The Bertz CT molecular complexity index is 2230. The molecule has 6 aromatic carbocycles. The zero-order chi connectivity index (χ0) is 36.4. The quantitative estimate of drug-likeness (QED) is 0.0913. The summed E-state index contributed by atoms with van der Waals surface area (Å²) in [6.45, 7) is 0.937. The van der Waals surface area contributed by atoms with Crippen LogP contribution in [0.4, 0.5) is 11.4 Å². The molecule has 8 nitrogen and oxygen atoms in total. The lowest BCUT2D eigenvalue weighted by molar-refractivity contribution is -0.116. The molecule has 0 bridgehead atoms. The third kappa shape index (κ3) is 9.02. The Morgan fingerprint density at radius 2 is 1.21 bits per heavy atom. The number of anilines is 2. The van der Waals surface area contributed by atoms with Crippen LogP contribution >= 0.6 is 11.8 Å². The average molecular weight is 718 g/mol. The van der Waals surface area contributed by atoms with E-state index in [9.17, 15) is 14.4 Å². The number of hydrogen-bond acceptors (Lipinski definition) is 6.